The van der Waals surface area contributed by atoms with Gasteiger partial charge in [-0.3, -0.25) is 0 Å². The van der Waals surface area contributed by atoms with E-state index in [0.717, 1.165) is 17.9 Å². The van der Waals surface area contributed by atoms with E-state index in [1.807, 2.05) is 6.07 Å². The summed E-state index contributed by atoms with van der Waals surface area (Å²) in [6.45, 7) is 2.15. The van der Waals surface area contributed by atoms with Crippen LogP contribution in [-0.2, 0) is 0 Å². The van der Waals surface area contributed by atoms with Crippen LogP contribution in [0.4, 0.5) is 0 Å². The summed E-state index contributed by atoms with van der Waals surface area (Å²) in [4.78, 5) is 4.17. The molecule has 1 rings (SSSR count). The van der Waals surface area contributed by atoms with E-state index in [-0.39, 0.29) is 17.9 Å². The number of thioether (sulfide) groups is 1. The first-order valence-electron chi connectivity index (χ1n) is 5.32. The molecule has 3 nitrogen and oxygen atoms in total. The van der Waals surface area contributed by atoms with Crippen molar-refractivity contribution >= 4 is 23.4 Å². The lowest BCUT2D eigenvalue weighted by molar-refractivity contribution is 0.279. The minimum atomic E-state index is -0.00590. The largest absolute Gasteiger partial charge is 0.395 e. The van der Waals surface area contributed by atoms with Gasteiger partial charge in [-0.25, -0.2) is 4.98 Å². The standard InChI is InChI=1S/C11H17ClN2OS/c1-2-3-9(13)10(7-15)16-11-5-4-8(12)6-14-11/h4-6,9-10,15H,2-3,7,13H2,1H3. The highest BCUT2D eigenvalue weighted by Gasteiger charge is 2.17. The molecule has 0 radical (unpaired) electrons. The average molecular weight is 261 g/mol. The Bertz CT molecular complexity index is 307. The minimum Gasteiger partial charge on any atom is -0.395 e. The lowest BCUT2D eigenvalue weighted by atomic mass is 10.1. The zero-order chi connectivity index (χ0) is 12.0. The first-order valence-corrected chi connectivity index (χ1v) is 6.57. The highest BCUT2D eigenvalue weighted by molar-refractivity contribution is 7.99. The summed E-state index contributed by atoms with van der Waals surface area (Å²) in [5.74, 6) is 0. The van der Waals surface area contributed by atoms with Crippen LogP contribution < -0.4 is 5.73 Å². The van der Waals surface area contributed by atoms with Crippen LogP contribution >= 0.6 is 23.4 Å². The molecule has 0 amide bonds. The molecule has 0 aliphatic rings. The van der Waals surface area contributed by atoms with Gasteiger partial charge in [0.15, 0.2) is 0 Å². The Morgan fingerprint density at radius 2 is 2.31 bits per heavy atom. The molecule has 0 saturated carbocycles. The maximum absolute atomic E-state index is 9.28. The first kappa shape index (κ1) is 13.8. The van der Waals surface area contributed by atoms with E-state index < -0.39 is 0 Å². The van der Waals surface area contributed by atoms with E-state index >= 15 is 0 Å². The van der Waals surface area contributed by atoms with Gasteiger partial charge in [-0.2, -0.15) is 0 Å². The highest BCUT2D eigenvalue weighted by Crippen LogP contribution is 2.25. The molecule has 3 N–H and O–H groups in total. The fourth-order valence-electron chi connectivity index (χ4n) is 1.37. The van der Waals surface area contributed by atoms with Crippen LogP contribution in [0.3, 0.4) is 0 Å². The molecule has 2 unspecified atom stereocenters. The fraction of sp³-hybridized carbons (Fsp3) is 0.545. The Labute approximate surface area is 105 Å². The third-order valence-electron chi connectivity index (χ3n) is 2.25. The molecule has 0 saturated heterocycles. The third-order valence-corrected chi connectivity index (χ3v) is 3.76. The van der Waals surface area contributed by atoms with E-state index in [2.05, 4.69) is 11.9 Å². The Hall–Kier alpha value is -0.290. The molecule has 0 fully saturated rings. The summed E-state index contributed by atoms with van der Waals surface area (Å²) >= 11 is 7.25. The average Bonchev–Trinajstić information content (AvgIpc) is 2.28. The number of hydrogen-bond donors (Lipinski definition) is 2. The van der Waals surface area contributed by atoms with E-state index in [9.17, 15) is 5.11 Å². The minimum absolute atomic E-state index is 0.00234. The smallest absolute Gasteiger partial charge is 0.0965 e. The second kappa shape index (κ2) is 7.12. The molecule has 0 aromatic carbocycles. The maximum atomic E-state index is 9.28. The van der Waals surface area contributed by atoms with Gasteiger partial charge in [-0.05, 0) is 18.6 Å². The molecule has 5 heteroatoms. The lowest BCUT2D eigenvalue weighted by Gasteiger charge is -2.20. The zero-order valence-corrected chi connectivity index (χ0v) is 10.8. The van der Waals surface area contributed by atoms with Gasteiger partial charge in [0.05, 0.1) is 16.7 Å². The summed E-state index contributed by atoms with van der Waals surface area (Å²) in [6, 6.07) is 3.63. The van der Waals surface area contributed by atoms with E-state index in [4.69, 9.17) is 17.3 Å². The molecule has 1 aromatic rings. The van der Waals surface area contributed by atoms with Gasteiger partial charge < -0.3 is 10.8 Å². The summed E-state index contributed by atoms with van der Waals surface area (Å²) in [5, 5.41) is 10.7. The van der Waals surface area contributed by atoms with Crippen molar-refractivity contribution in [3.63, 3.8) is 0 Å². The van der Waals surface area contributed by atoms with Crippen LogP contribution in [0.25, 0.3) is 0 Å². The number of nitrogens with zero attached hydrogens (tertiary/aromatic N) is 1. The molecule has 0 bridgehead atoms. The normalized spacial score (nSPS) is 14.8. The number of pyridine rings is 1. The molecule has 90 valence electrons. The number of aliphatic hydroxyl groups excluding tert-OH is 1. The van der Waals surface area contributed by atoms with Crippen molar-refractivity contribution in [2.45, 2.75) is 36.1 Å². The van der Waals surface area contributed by atoms with Crippen molar-refractivity contribution < 1.29 is 5.11 Å². The number of halogens is 1. The molecule has 1 heterocycles. The monoisotopic (exact) mass is 260 g/mol. The van der Waals surface area contributed by atoms with Crippen LogP contribution in [0.1, 0.15) is 19.8 Å². The number of aromatic nitrogens is 1. The number of hydrogen-bond acceptors (Lipinski definition) is 4. The van der Waals surface area contributed by atoms with Crippen LogP contribution in [0.2, 0.25) is 5.02 Å². The highest BCUT2D eigenvalue weighted by atomic mass is 35.5. The summed E-state index contributed by atoms with van der Waals surface area (Å²) in [5.41, 5.74) is 5.98. The maximum Gasteiger partial charge on any atom is 0.0965 e. The molecular formula is C11H17ClN2OS. The first-order chi connectivity index (χ1) is 7.67. The van der Waals surface area contributed by atoms with Gasteiger partial charge in [0.25, 0.3) is 0 Å². The van der Waals surface area contributed by atoms with Crippen molar-refractivity contribution in [3.05, 3.63) is 23.4 Å². The van der Waals surface area contributed by atoms with Crippen molar-refractivity contribution in [2.24, 2.45) is 5.73 Å². The second-order valence-electron chi connectivity index (χ2n) is 3.61. The second-order valence-corrected chi connectivity index (χ2v) is 5.30. The van der Waals surface area contributed by atoms with Crippen molar-refractivity contribution in [3.8, 4) is 0 Å². The summed E-state index contributed by atoms with van der Waals surface area (Å²) in [6.07, 6.45) is 3.53. The Balaban J connectivity index is 2.59. The van der Waals surface area contributed by atoms with Crippen molar-refractivity contribution in [1.82, 2.24) is 4.98 Å². The lowest BCUT2D eigenvalue weighted by Crippen LogP contribution is -2.34. The molecule has 1 aromatic heterocycles. The predicted molar refractivity (Wildman–Crippen MR) is 68.9 cm³/mol. The molecule has 16 heavy (non-hydrogen) atoms. The van der Waals surface area contributed by atoms with Gasteiger partial charge in [-0.1, -0.05) is 36.7 Å². The van der Waals surface area contributed by atoms with Gasteiger partial charge in [-0.15, -0.1) is 0 Å². The summed E-state index contributed by atoms with van der Waals surface area (Å²) < 4.78 is 0. The summed E-state index contributed by atoms with van der Waals surface area (Å²) in [7, 11) is 0. The molecule has 0 aliphatic heterocycles. The number of nitrogens with two attached hydrogens (primary N) is 1. The van der Waals surface area contributed by atoms with E-state index in [0.29, 0.717) is 5.02 Å². The quantitative estimate of drug-likeness (QED) is 0.771. The van der Waals surface area contributed by atoms with Crippen molar-refractivity contribution in [2.75, 3.05) is 6.61 Å². The molecule has 0 aliphatic carbocycles. The van der Waals surface area contributed by atoms with Gasteiger partial charge in [0, 0.05) is 17.5 Å². The van der Waals surface area contributed by atoms with Crippen molar-refractivity contribution in [1.29, 1.82) is 0 Å². The zero-order valence-electron chi connectivity index (χ0n) is 9.27. The molecular weight excluding hydrogens is 244 g/mol. The van der Waals surface area contributed by atoms with Gasteiger partial charge >= 0.3 is 0 Å². The van der Waals surface area contributed by atoms with E-state index in [1.165, 1.54) is 11.8 Å². The predicted octanol–water partition coefficient (Wildman–Crippen LogP) is 2.32. The van der Waals surface area contributed by atoms with Crippen LogP contribution in [0.5, 0.6) is 0 Å². The van der Waals surface area contributed by atoms with Gasteiger partial charge in [0.2, 0.25) is 0 Å². The van der Waals surface area contributed by atoms with Crippen LogP contribution in [0.15, 0.2) is 23.4 Å². The fourth-order valence-corrected chi connectivity index (χ4v) is 2.43. The van der Waals surface area contributed by atoms with Gasteiger partial charge in [0.1, 0.15) is 0 Å². The number of rotatable bonds is 6. The Kier molecular flexibility index (Phi) is 6.13. The Morgan fingerprint density at radius 1 is 1.56 bits per heavy atom. The topological polar surface area (TPSA) is 59.1 Å². The van der Waals surface area contributed by atoms with Crippen LogP contribution in [-0.4, -0.2) is 28.0 Å². The molecule has 2 atom stereocenters. The SMILES string of the molecule is CCCC(N)C(CO)Sc1ccc(Cl)cn1. The number of aliphatic hydroxyl groups is 1. The van der Waals surface area contributed by atoms with Crippen LogP contribution in [0, 0.1) is 0 Å². The Morgan fingerprint density at radius 3 is 2.81 bits per heavy atom. The van der Waals surface area contributed by atoms with E-state index in [1.54, 1.807) is 12.3 Å². The molecule has 0 spiro atoms. The third kappa shape index (κ3) is 4.29.